The van der Waals surface area contributed by atoms with Gasteiger partial charge in [0, 0.05) is 25.7 Å². The maximum atomic E-state index is 5.96. The molecule has 3 rings (SSSR count). The molecule has 3 heterocycles. The highest BCUT2D eigenvalue weighted by Gasteiger charge is 2.30. The minimum atomic E-state index is 0.199. The Kier molecular flexibility index (Phi) is 4.21. The Labute approximate surface area is 124 Å². The molecular formula is C13H20ClN5O. The number of anilines is 1. The standard InChI is InChI=1S/C13H20ClN5O/c1-2-20-13-16-11(14)15-12(17-13)19-8-7-18-6-4-3-5-10(18)9-19/h10H,2-9H2,1H3. The molecule has 2 saturated heterocycles. The molecule has 1 aromatic heterocycles. The van der Waals surface area contributed by atoms with Crippen LogP contribution in [0.2, 0.25) is 5.28 Å². The van der Waals surface area contributed by atoms with Gasteiger partial charge in [-0.2, -0.15) is 15.0 Å². The average molecular weight is 298 g/mol. The minimum absolute atomic E-state index is 0.199. The summed E-state index contributed by atoms with van der Waals surface area (Å²) in [6.45, 7) is 6.61. The smallest absolute Gasteiger partial charge is 0.322 e. The third kappa shape index (κ3) is 2.96. The van der Waals surface area contributed by atoms with Gasteiger partial charge in [0.05, 0.1) is 6.61 Å². The van der Waals surface area contributed by atoms with Crippen LogP contribution < -0.4 is 9.64 Å². The Bertz CT molecular complexity index is 472. The Morgan fingerprint density at radius 2 is 2.10 bits per heavy atom. The lowest BCUT2D eigenvalue weighted by molar-refractivity contribution is 0.132. The molecule has 0 spiro atoms. The van der Waals surface area contributed by atoms with Crippen molar-refractivity contribution in [1.82, 2.24) is 19.9 Å². The van der Waals surface area contributed by atoms with Gasteiger partial charge >= 0.3 is 6.01 Å². The van der Waals surface area contributed by atoms with Crippen LogP contribution in [0.3, 0.4) is 0 Å². The molecule has 20 heavy (non-hydrogen) atoms. The SMILES string of the molecule is CCOc1nc(Cl)nc(N2CCN3CCCCC3C2)n1. The number of fused-ring (bicyclic) bond motifs is 1. The summed E-state index contributed by atoms with van der Waals surface area (Å²) < 4.78 is 5.34. The molecule has 2 aliphatic heterocycles. The van der Waals surface area contributed by atoms with Crippen molar-refractivity contribution in [2.45, 2.75) is 32.2 Å². The van der Waals surface area contributed by atoms with E-state index in [9.17, 15) is 0 Å². The molecule has 1 aromatic rings. The van der Waals surface area contributed by atoms with Crippen LogP contribution in [0.15, 0.2) is 0 Å². The molecule has 110 valence electrons. The van der Waals surface area contributed by atoms with Gasteiger partial charge < -0.3 is 9.64 Å². The molecule has 0 saturated carbocycles. The summed E-state index contributed by atoms with van der Waals surface area (Å²) in [5, 5.41) is 0.199. The van der Waals surface area contributed by atoms with Gasteiger partial charge in [0.1, 0.15) is 0 Å². The second-order valence-electron chi connectivity index (χ2n) is 5.25. The van der Waals surface area contributed by atoms with E-state index >= 15 is 0 Å². The van der Waals surface area contributed by atoms with E-state index in [0.29, 0.717) is 24.6 Å². The quantitative estimate of drug-likeness (QED) is 0.845. The second-order valence-corrected chi connectivity index (χ2v) is 5.59. The third-order valence-corrected chi connectivity index (χ3v) is 4.14. The summed E-state index contributed by atoms with van der Waals surface area (Å²) in [5.41, 5.74) is 0. The third-order valence-electron chi connectivity index (χ3n) is 3.97. The molecule has 6 nitrogen and oxygen atoms in total. The molecule has 0 amide bonds. The van der Waals surface area contributed by atoms with Gasteiger partial charge in [0.2, 0.25) is 11.2 Å². The van der Waals surface area contributed by atoms with Crippen molar-refractivity contribution < 1.29 is 4.74 Å². The van der Waals surface area contributed by atoms with Crippen molar-refractivity contribution in [2.75, 3.05) is 37.7 Å². The summed E-state index contributed by atoms with van der Waals surface area (Å²) in [6, 6.07) is 0.928. The number of hydrogen-bond acceptors (Lipinski definition) is 6. The number of nitrogens with zero attached hydrogens (tertiary/aromatic N) is 5. The normalized spacial score (nSPS) is 23.5. The summed E-state index contributed by atoms with van der Waals surface area (Å²) in [6.07, 6.45) is 3.90. The number of halogens is 1. The lowest BCUT2D eigenvalue weighted by Crippen LogP contribution is -2.55. The summed E-state index contributed by atoms with van der Waals surface area (Å²) >= 11 is 5.96. The Hall–Kier alpha value is -1.14. The lowest BCUT2D eigenvalue weighted by atomic mass is 10.00. The van der Waals surface area contributed by atoms with Crippen molar-refractivity contribution >= 4 is 17.5 Å². The zero-order valence-corrected chi connectivity index (χ0v) is 12.5. The molecule has 0 aliphatic carbocycles. The maximum Gasteiger partial charge on any atom is 0.322 e. The Morgan fingerprint density at radius 3 is 2.95 bits per heavy atom. The largest absolute Gasteiger partial charge is 0.464 e. The fraction of sp³-hybridized carbons (Fsp3) is 0.769. The number of piperidine rings is 1. The molecule has 0 N–H and O–H groups in total. The fourth-order valence-electron chi connectivity index (χ4n) is 2.99. The van der Waals surface area contributed by atoms with E-state index in [1.807, 2.05) is 6.92 Å². The van der Waals surface area contributed by atoms with Gasteiger partial charge in [-0.15, -0.1) is 0 Å². The van der Waals surface area contributed by atoms with E-state index in [1.165, 1.54) is 25.8 Å². The van der Waals surface area contributed by atoms with E-state index in [0.717, 1.165) is 19.6 Å². The summed E-state index contributed by atoms with van der Waals surface area (Å²) in [5.74, 6) is 0.638. The molecule has 0 aromatic carbocycles. The minimum Gasteiger partial charge on any atom is -0.464 e. The Balaban J connectivity index is 1.75. The van der Waals surface area contributed by atoms with E-state index in [2.05, 4.69) is 24.8 Å². The van der Waals surface area contributed by atoms with Crippen LogP contribution in [0.25, 0.3) is 0 Å². The van der Waals surface area contributed by atoms with Crippen molar-refractivity contribution in [2.24, 2.45) is 0 Å². The van der Waals surface area contributed by atoms with E-state index in [-0.39, 0.29) is 5.28 Å². The van der Waals surface area contributed by atoms with E-state index < -0.39 is 0 Å². The lowest BCUT2D eigenvalue weighted by Gasteiger charge is -2.43. The molecule has 2 aliphatic rings. The predicted molar refractivity (Wildman–Crippen MR) is 77.4 cm³/mol. The van der Waals surface area contributed by atoms with Crippen LogP contribution in [0.4, 0.5) is 5.95 Å². The number of aromatic nitrogens is 3. The summed E-state index contributed by atoms with van der Waals surface area (Å²) in [7, 11) is 0. The van der Waals surface area contributed by atoms with Crippen molar-refractivity contribution in [3.05, 3.63) is 5.28 Å². The molecule has 0 radical (unpaired) electrons. The first-order valence-corrected chi connectivity index (χ1v) is 7.67. The van der Waals surface area contributed by atoms with Crippen LogP contribution in [0, 0.1) is 0 Å². The first-order chi connectivity index (χ1) is 9.76. The monoisotopic (exact) mass is 297 g/mol. The van der Waals surface area contributed by atoms with E-state index in [1.54, 1.807) is 0 Å². The molecule has 0 bridgehead atoms. The van der Waals surface area contributed by atoms with Gasteiger partial charge in [-0.05, 0) is 37.9 Å². The first-order valence-electron chi connectivity index (χ1n) is 7.29. The molecule has 2 fully saturated rings. The predicted octanol–water partition coefficient (Wildman–Crippen LogP) is 1.60. The van der Waals surface area contributed by atoms with Gasteiger partial charge in [-0.25, -0.2) is 0 Å². The molecule has 7 heteroatoms. The van der Waals surface area contributed by atoms with Crippen LogP contribution in [-0.2, 0) is 0 Å². The maximum absolute atomic E-state index is 5.96. The van der Waals surface area contributed by atoms with Crippen LogP contribution >= 0.6 is 11.6 Å². The average Bonchev–Trinajstić information content (AvgIpc) is 2.46. The zero-order chi connectivity index (χ0) is 13.9. The number of hydrogen-bond donors (Lipinski definition) is 0. The highest BCUT2D eigenvalue weighted by atomic mass is 35.5. The first kappa shape index (κ1) is 13.8. The van der Waals surface area contributed by atoms with Crippen molar-refractivity contribution in [1.29, 1.82) is 0 Å². The van der Waals surface area contributed by atoms with Gasteiger partial charge in [0.25, 0.3) is 0 Å². The highest BCUT2D eigenvalue weighted by molar-refractivity contribution is 6.28. The van der Waals surface area contributed by atoms with Crippen LogP contribution in [-0.4, -0.2) is 58.7 Å². The zero-order valence-electron chi connectivity index (χ0n) is 11.8. The number of piperazine rings is 1. The molecule has 1 unspecified atom stereocenters. The second kappa shape index (κ2) is 6.10. The molecule has 1 atom stereocenters. The van der Waals surface area contributed by atoms with Crippen molar-refractivity contribution in [3.63, 3.8) is 0 Å². The van der Waals surface area contributed by atoms with Gasteiger partial charge in [0.15, 0.2) is 0 Å². The van der Waals surface area contributed by atoms with Gasteiger partial charge in [-0.3, -0.25) is 4.90 Å². The van der Waals surface area contributed by atoms with Crippen molar-refractivity contribution in [3.8, 4) is 6.01 Å². The fourth-order valence-corrected chi connectivity index (χ4v) is 3.14. The molecular weight excluding hydrogens is 278 g/mol. The number of rotatable bonds is 3. The highest BCUT2D eigenvalue weighted by Crippen LogP contribution is 2.24. The van der Waals surface area contributed by atoms with Crippen LogP contribution in [0.5, 0.6) is 6.01 Å². The van der Waals surface area contributed by atoms with Crippen LogP contribution in [0.1, 0.15) is 26.2 Å². The van der Waals surface area contributed by atoms with E-state index in [4.69, 9.17) is 16.3 Å². The summed E-state index contributed by atoms with van der Waals surface area (Å²) in [4.78, 5) is 17.4. The number of ether oxygens (including phenoxy) is 1. The Morgan fingerprint density at radius 1 is 1.20 bits per heavy atom. The van der Waals surface area contributed by atoms with Gasteiger partial charge in [-0.1, -0.05) is 6.42 Å². The topological polar surface area (TPSA) is 54.4 Å².